The van der Waals surface area contributed by atoms with E-state index < -0.39 is 0 Å². The van der Waals surface area contributed by atoms with Crippen LogP contribution in [0.1, 0.15) is 17.7 Å². The van der Waals surface area contributed by atoms with Crippen LogP contribution in [0.3, 0.4) is 0 Å². The lowest BCUT2D eigenvalue weighted by Gasteiger charge is -2.05. The third kappa shape index (κ3) is 4.20. The quantitative estimate of drug-likeness (QED) is 0.721. The van der Waals surface area contributed by atoms with Crippen molar-refractivity contribution in [2.45, 2.75) is 19.3 Å². The van der Waals surface area contributed by atoms with E-state index in [1.807, 2.05) is 59.3 Å². The van der Waals surface area contributed by atoms with Crippen LogP contribution in [0, 0.1) is 0 Å². The van der Waals surface area contributed by atoms with Crippen molar-refractivity contribution in [3.63, 3.8) is 0 Å². The standard InChI is InChI=1S/C18H18BrN3O/c19-16-6-2-1-5-14(16)8-9-18(23)20-11-10-15-13-22-12-4-3-7-17(22)21-15/h1-7,12-13H,8-11H2,(H,20,23). The Morgan fingerprint density at radius 1 is 1.13 bits per heavy atom. The first kappa shape index (κ1) is 15.7. The van der Waals surface area contributed by atoms with Gasteiger partial charge in [0.25, 0.3) is 0 Å². The predicted molar refractivity (Wildman–Crippen MR) is 94.4 cm³/mol. The Labute approximate surface area is 143 Å². The number of nitrogens with zero attached hydrogens (tertiary/aromatic N) is 2. The van der Waals surface area contributed by atoms with Crippen molar-refractivity contribution in [1.29, 1.82) is 0 Å². The van der Waals surface area contributed by atoms with E-state index >= 15 is 0 Å². The molecule has 1 N–H and O–H groups in total. The van der Waals surface area contributed by atoms with Crippen molar-refractivity contribution in [2.24, 2.45) is 0 Å². The lowest BCUT2D eigenvalue weighted by atomic mass is 10.1. The molecule has 0 unspecified atom stereocenters. The first-order chi connectivity index (χ1) is 11.2. The van der Waals surface area contributed by atoms with Gasteiger partial charge in [-0.05, 0) is 30.2 Å². The lowest BCUT2D eigenvalue weighted by Crippen LogP contribution is -2.26. The van der Waals surface area contributed by atoms with Crippen molar-refractivity contribution < 1.29 is 4.79 Å². The van der Waals surface area contributed by atoms with Crippen LogP contribution in [0.15, 0.2) is 59.3 Å². The Hall–Kier alpha value is -2.14. The van der Waals surface area contributed by atoms with E-state index in [-0.39, 0.29) is 5.91 Å². The third-order valence-electron chi connectivity index (χ3n) is 3.70. The minimum absolute atomic E-state index is 0.0736. The van der Waals surface area contributed by atoms with Gasteiger partial charge in [0.2, 0.25) is 5.91 Å². The average Bonchev–Trinajstić information content (AvgIpc) is 2.97. The molecule has 0 spiro atoms. The second kappa shape index (κ2) is 7.42. The summed E-state index contributed by atoms with van der Waals surface area (Å²) in [6.07, 6.45) is 5.95. The number of aromatic nitrogens is 2. The lowest BCUT2D eigenvalue weighted by molar-refractivity contribution is -0.121. The van der Waals surface area contributed by atoms with E-state index in [0.29, 0.717) is 13.0 Å². The molecule has 3 rings (SSSR count). The SMILES string of the molecule is O=C(CCc1ccccc1Br)NCCc1cn2ccccc2n1. The minimum atomic E-state index is 0.0736. The van der Waals surface area contributed by atoms with Gasteiger partial charge >= 0.3 is 0 Å². The van der Waals surface area contributed by atoms with Crippen molar-refractivity contribution in [3.8, 4) is 0 Å². The van der Waals surface area contributed by atoms with E-state index in [0.717, 1.165) is 34.2 Å². The van der Waals surface area contributed by atoms with Gasteiger partial charge in [-0.1, -0.05) is 40.2 Å². The minimum Gasteiger partial charge on any atom is -0.356 e. The zero-order chi connectivity index (χ0) is 16.1. The number of imidazole rings is 1. The molecule has 5 heteroatoms. The molecule has 23 heavy (non-hydrogen) atoms. The zero-order valence-corrected chi connectivity index (χ0v) is 14.3. The van der Waals surface area contributed by atoms with Crippen LogP contribution in [-0.4, -0.2) is 21.8 Å². The first-order valence-corrected chi connectivity index (χ1v) is 8.44. The zero-order valence-electron chi connectivity index (χ0n) is 12.7. The highest BCUT2D eigenvalue weighted by Gasteiger charge is 2.05. The second-order valence-corrected chi connectivity index (χ2v) is 6.24. The summed E-state index contributed by atoms with van der Waals surface area (Å²) in [5, 5.41) is 2.96. The molecule has 0 saturated carbocycles. The van der Waals surface area contributed by atoms with Gasteiger partial charge in [0.15, 0.2) is 0 Å². The highest BCUT2D eigenvalue weighted by Crippen LogP contribution is 2.17. The van der Waals surface area contributed by atoms with Crippen molar-refractivity contribution in [1.82, 2.24) is 14.7 Å². The number of amides is 1. The summed E-state index contributed by atoms with van der Waals surface area (Å²) in [4.78, 5) is 16.5. The fourth-order valence-electron chi connectivity index (χ4n) is 2.48. The molecule has 1 aromatic carbocycles. The second-order valence-electron chi connectivity index (χ2n) is 5.39. The topological polar surface area (TPSA) is 46.4 Å². The molecular formula is C18H18BrN3O. The van der Waals surface area contributed by atoms with Gasteiger partial charge in [0, 0.05) is 36.3 Å². The fourth-order valence-corrected chi connectivity index (χ4v) is 2.96. The maximum atomic E-state index is 11.9. The van der Waals surface area contributed by atoms with Crippen LogP contribution in [0.2, 0.25) is 0 Å². The first-order valence-electron chi connectivity index (χ1n) is 7.65. The van der Waals surface area contributed by atoms with Crippen LogP contribution in [0.4, 0.5) is 0 Å². The van der Waals surface area contributed by atoms with E-state index in [1.165, 1.54) is 0 Å². The summed E-state index contributed by atoms with van der Waals surface area (Å²) in [7, 11) is 0. The van der Waals surface area contributed by atoms with Gasteiger partial charge in [-0.15, -0.1) is 0 Å². The van der Waals surface area contributed by atoms with Gasteiger partial charge in [0.1, 0.15) is 5.65 Å². The molecule has 0 aliphatic carbocycles. The molecule has 0 aliphatic rings. The molecule has 2 heterocycles. The summed E-state index contributed by atoms with van der Waals surface area (Å²) >= 11 is 3.50. The van der Waals surface area contributed by atoms with Crippen LogP contribution in [0.25, 0.3) is 5.65 Å². The van der Waals surface area contributed by atoms with Crippen LogP contribution in [0.5, 0.6) is 0 Å². The molecule has 0 bridgehead atoms. The van der Waals surface area contributed by atoms with Gasteiger partial charge in [-0.25, -0.2) is 4.98 Å². The van der Waals surface area contributed by atoms with Gasteiger partial charge in [0.05, 0.1) is 5.69 Å². The van der Waals surface area contributed by atoms with Gasteiger partial charge in [-0.3, -0.25) is 4.79 Å². The van der Waals surface area contributed by atoms with Crippen LogP contribution in [-0.2, 0) is 17.6 Å². The van der Waals surface area contributed by atoms with E-state index in [1.54, 1.807) is 0 Å². The summed E-state index contributed by atoms with van der Waals surface area (Å²) in [5.41, 5.74) is 3.08. The maximum Gasteiger partial charge on any atom is 0.220 e. The van der Waals surface area contributed by atoms with E-state index in [4.69, 9.17) is 0 Å². The number of hydrogen-bond acceptors (Lipinski definition) is 2. The molecule has 0 saturated heterocycles. The molecule has 0 fully saturated rings. The molecule has 118 valence electrons. The molecule has 0 atom stereocenters. The van der Waals surface area contributed by atoms with Gasteiger partial charge in [-0.2, -0.15) is 0 Å². The fraction of sp³-hybridized carbons (Fsp3) is 0.222. The number of pyridine rings is 1. The Kier molecular flexibility index (Phi) is 5.08. The van der Waals surface area contributed by atoms with Crippen molar-refractivity contribution in [2.75, 3.05) is 6.54 Å². The smallest absolute Gasteiger partial charge is 0.220 e. The summed E-state index contributed by atoms with van der Waals surface area (Å²) in [6, 6.07) is 13.9. The summed E-state index contributed by atoms with van der Waals surface area (Å²) in [5.74, 6) is 0.0736. The van der Waals surface area contributed by atoms with Crippen molar-refractivity contribution >= 4 is 27.5 Å². The molecule has 4 nitrogen and oxygen atoms in total. The number of rotatable bonds is 6. The number of aryl methyl sites for hydroxylation is 1. The number of nitrogens with one attached hydrogen (secondary N) is 1. The number of hydrogen-bond donors (Lipinski definition) is 1. The molecular weight excluding hydrogens is 354 g/mol. The molecule has 0 aliphatic heterocycles. The number of carbonyl (C=O) groups is 1. The van der Waals surface area contributed by atoms with Crippen LogP contribution < -0.4 is 5.32 Å². The molecule has 2 aromatic heterocycles. The van der Waals surface area contributed by atoms with E-state index in [9.17, 15) is 4.79 Å². The number of benzene rings is 1. The largest absolute Gasteiger partial charge is 0.356 e. The Morgan fingerprint density at radius 3 is 2.78 bits per heavy atom. The molecule has 1 amide bonds. The highest BCUT2D eigenvalue weighted by atomic mass is 79.9. The number of fused-ring (bicyclic) bond motifs is 1. The Balaban J connectivity index is 1.45. The monoisotopic (exact) mass is 371 g/mol. The third-order valence-corrected chi connectivity index (χ3v) is 4.47. The van der Waals surface area contributed by atoms with E-state index in [2.05, 4.69) is 26.2 Å². The normalized spacial score (nSPS) is 10.8. The predicted octanol–water partition coefficient (Wildman–Crippen LogP) is 3.39. The van der Waals surface area contributed by atoms with Crippen molar-refractivity contribution in [3.05, 3.63) is 70.6 Å². The highest BCUT2D eigenvalue weighted by molar-refractivity contribution is 9.10. The van der Waals surface area contributed by atoms with Gasteiger partial charge < -0.3 is 9.72 Å². The maximum absolute atomic E-state index is 11.9. The molecule has 3 aromatic rings. The number of halogens is 1. The van der Waals surface area contributed by atoms with Crippen LogP contribution >= 0.6 is 15.9 Å². The summed E-state index contributed by atoms with van der Waals surface area (Å²) in [6.45, 7) is 0.610. The average molecular weight is 372 g/mol. The summed E-state index contributed by atoms with van der Waals surface area (Å²) < 4.78 is 3.04. The Morgan fingerprint density at radius 2 is 1.96 bits per heavy atom. The number of carbonyl (C=O) groups excluding carboxylic acids is 1. The Bertz CT molecular complexity index is 780. The molecule has 0 radical (unpaired) electrons.